The minimum Gasteiger partial charge on any atom is -0.309 e. The molecule has 0 aliphatic heterocycles. The van der Waals surface area contributed by atoms with Gasteiger partial charge in [-0.1, -0.05) is 184 Å². The van der Waals surface area contributed by atoms with E-state index in [0.29, 0.717) is 17.5 Å². The summed E-state index contributed by atoms with van der Waals surface area (Å²) in [6.07, 6.45) is 0. The summed E-state index contributed by atoms with van der Waals surface area (Å²) < 4.78 is 2.50. The summed E-state index contributed by atoms with van der Waals surface area (Å²) in [5.74, 6) is 1.95. The van der Waals surface area contributed by atoms with Crippen molar-refractivity contribution < 1.29 is 0 Å². The molecule has 11 aromatic rings. The molecule has 1 aliphatic carbocycles. The Morgan fingerprint density at radius 2 is 0.883 bits per heavy atom. The van der Waals surface area contributed by atoms with Crippen LogP contribution in [0.2, 0.25) is 0 Å². The maximum Gasteiger partial charge on any atom is 0.164 e. The van der Waals surface area contributed by atoms with Crippen molar-refractivity contribution in [3.63, 3.8) is 0 Å². The van der Waals surface area contributed by atoms with Crippen molar-refractivity contribution in [3.05, 3.63) is 205 Å². The molecule has 0 N–H and O–H groups in total. The zero-order valence-corrected chi connectivity index (χ0v) is 33.3. The van der Waals surface area contributed by atoms with Gasteiger partial charge in [0.25, 0.3) is 0 Å². The van der Waals surface area contributed by atoms with Gasteiger partial charge in [0.15, 0.2) is 17.5 Å². The zero-order chi connectivity index (χ0) is 40.0. The van der Waals surface area contributed by atoms with Crippen molar-refractivity contribution in [3.8, 4) is 62.1 Å². The first-order valence-electron chi connectivity index (χ1n) is 20.6. The van der Waals surface area contributed by atoms with Crippen LogP contribution in [0.3, 0.4) is 0 Å². The van der Waals surface area contributed by atoms with Crippen LogP contribution in [0.5, 0.6) is 0 Å². The molecule has 0 saturated carbocycles. The number of fused-ring (bicyclic) bond motifs is 12. The van der Waals surface area contributed by atoms with Gasteiger partial charge < -0.3 is 4.57 Å². The molecule has 0 unspecified atom stereocenters. The van der Waals surface area contributed by atoms with E-state index in [1.165, 1.54) is 65.6 Å². The third-order valence-electron chi connectivity index (χ3n) is 12.6. The van der Waals surface area contributed by atoms with Crippen LogP contribution >= 0.6 is 0 Å². The molecule has 12 rings (SSSR count). The number of hydrogen-bond acceptors (Lipinski definition) is 3. The topological polar surface area (TPSA) is 43.6 Å². The van der Waals surface area contributed by atoms with Crippen LogP contribution in [0.4, 0.5) is 0 Å². The molecular weight excluding hydrogens is 729 g/mol. The average molecular weight is 767 g/mol. The van der Waals surface area contributed by atoms with Gasteiger partial charge in [-0.2, -0.15) is 0 Å². The second-order valence-corrected chi connectivity index (χ2v) is 16.4. The lowest BCUT2D eigenvalue weighted by Gasteiger charge is -2.25. The molecular formula is C56H38N4. The number of hydrogen-bond donors (Lipinski definition) is 0. The summed E-state index contributed by atoms with van der Waals surface area (Å²) in [6, 6.07) is 69.3. The Morgan fingerprint density at radius 3 is 1.55 bits per heavy atom. The zero-order valence-electron chi connectivity index (χ0n) is 33.3. The van der Waals surface area contributed by atoms with E-state index in [-0.39, 0.29) is 5.41 Å². The first-order chi connectivity index (χ1) is 29.5. The quantitative estimate of drug-likeness (QED) is 0.164. The van der Waals surface area contributed by atoms with Gasteiger partial charge in [0.2, 0.25) is 0 Å². The van der Waals surface area contributed by atoms with Gasteiger partial charge >= 0.3 is 0 Å². The molecule has 0 bridgehead atoms. The third-order valence-corrected chi connectivity index (χ3v) is 12.6. The molecule has 4 heteroatoms. The second-order valence-electron chi connectivity index (χ2n) is 16.4. The lowest BCUT2D eigenvalue weighted by atomic mass is 9.78. The van der Waals surface area contributed by atoms with Gasteiger partial charge in [-0.3, -0.25) is 0 Å². The van der Waals surface area contributed by atoms with Gasteiger partial charge in [-0.15, -0.1) is 0 Å². The minimum absolute atomic E-state index is 0.254. The molecule has 1 aliphatic rings. The van der Waals surface area contributed by atoms with Crippen molar-refractivity contribution in [2.75, 3.05) is 0 Å². The Kier molecular flexibility index (Phi) is 7.54. The number of para-hydroxylation sites is 1. The van der Waals surface area contributed by atoms with E-state index in [0.717, 1.165) is 33.5 Å². The number of benzene rings is 9. The molecule has 0 fully saturated rings. The van der Waals surface area contributed by atoms with Crippen molar-refractivity contribution in [1.82, 2.24) is 19.5 Å². The molecule has 60 heavy (non-hydrogen) atoms. The summed E-state index contributed by atoms with van der Waals surface area (Å²) in [6.45, 7) is 4.85. The van der Waals surface area contributed by atoms with E-state index in [1.807, 2.05) is 60.7 Å². The Balaban J connectivity index is 1.01. The standard InChI is InChI=1S/C56H38N4/c1-56(2)50-45-26-12-10-23-42(45)41-22-9-11-25-44(41)49(50)47-33-32-46-43-24-13-14-27-48(43)60(52(46)51(47)56)40-30-28-35(29-31-40)38-20-15-21-39(34-38)55-58-53(36-16-5-3-6-17-36)57-54(59-55)37-18-7-4-8-19-37/h3-34H,1-2H3. The molecule has 0 radical (unpaired) electrons. The van der Waals surface area contributed by atoms with Crippen LogP contribution in [-0.2, 0) is 5.41 Å². The van der Waals surface area contributed by atoms with Crippen molar-refractivity contribution in [2.45, 2.75) is 19.3 Å². The van der Waals surface area contributed by atoms with Crippen molar-refractivity contribution >= 4 is 43.4 Å². The van der Waals surface area contributed by atoms with Crippen molar-refractivity contribution in [2.24, 2.45) is 0 Å². The van der Waals surface area contributed by atoms with Crippen LogP contribution in [0.1, 0.15) is 25.0 Å². The summed E-state index contributed by atoms with van der Waals surface area (Å²) in [5.41, 5.74) is 13.9. The fourth-order valence-electron chi connectivity index (χ4n) is 9.94. The molecule has 0 atom stereocenters. The predicted octanol–water partition coefficient (Wildman–Crippen LogP) is 14.2. The smallest absolute Gasteiger partial charge is 0.164 e. The van der Waals surface area contributed by atoms with Crippen LogP contribution < -0.4 is 0 Å². The van der Waals surface area contributed by atoms with Crippen molar-refractivity contribution in [1.29, 1.82) is 0 Å². The van der Waals surface area contributed by atoms with Gasteiger partial charge in [0.05, 0.1) is 11.0 Å². The second kappa shape index (κ2) is 13.2. The minimum atomic E-state index is -0.254. The van der Waals surface area contributed by atoms with E-state index in [9.17, 15) is 0 Å². The predicted molar refractivity (Wildman–Crippen MR) is 248 cm³/mol. The SMILES string of the molecule is CC1(C)c2c(c3ccccc3c3ccccc23)-c2ccc3c4ccccc4n(-c4ccc(-c5cccc(-c6nc(-c7ccccc7)nc(-c7ccccc7)n6)c5)cc4)c3c21. The van der Waals surface area contributed by atoms with E-state index in [2.05, 4.69) is 152 Å². The maximum absolute atomic E-state index is 5.00. The summed E-state index contributed by atoms with van der Waals surface area (Å²) in [7, 11) is 0. The molecule has 0 spiro atoms. The maximum atomic E-state index is 5.00. The highest BCUT2D eigenvalue weighted by Crippen LogP contribution is 2.57. The van der Waals surface area contributed by atoms with E-state index < -0.39 is 0 Å². The van der Waals surface area contributed by atoms with Crippen LogP contribution in [0.25, 0.3) is 105 Å². The number of rotatable bonds is 5. The van der Waals surface area contributed by atoms with Gasteiger partial charge in [0, 0.05) is 38.6 Å². The molecule has 2 heterocycles. The molecule has 9 aromatic carbocycles. The average Bonchev–Trinajstić information content (AvgIpc) is 3.78. The Hall–Kier alpha value is -7.69. The van der Waals surface area contributed by atoms with E-state index in [4.69, 9.17) is 15.0 Å². The lowest BCUT2D eigenvalue weighted by molar-refractivity contribution is 0.670. The van der Waals surface area contributed by atoms with E-state index >= 15 is 0 Å². The highest BCUT2D eigenvalue weighted by atomic mass is 15.0. The normalized spacial score (nSPS) is 13.0. The monoisotopic (exact) mass is 766 g/mol. The molecule has 282 valence electrons. The van der Waals surface area contributed by atoms with Crippen LogP contribution in [-0.4, -0.2) is 19.5 Å². The highest BCUT2D eigenvalue weighted by molar-refractivity contribution is 6.21. The molecule has 0 saturated heterocycles. The Bertz CT molecular complexity index is 3430. The number of aromatic nitrogens is 4. The van der Waals surface area contributed by atoms with Gasteiger partial charge in [0.1, 0.15) is 0 Å². The summed E-state index contributed by atoms with van der Waals surface area (Å²) in [5, 5.41) is 7.80. The largest absolute Gasteiger partial charge is 0.309 e. The summed E-state index contributed by atoms with van der Waals surface area (Å²) in [4.78, 5) is 14.9. The highest BCUT2D eigenvalue weighted by Gasteiger charge is 2.41. The fourth-order valence-corrected chi connectivity index (χ4v) is 9.94. The first kappa shape index (κ1) is 34.4. The first-order valence-corrected chi connectivity index (χ1v) is 20.6. The Labute approximate surface area is 348 Å². The lowest BCUT2D eigenvalue weighted by Crippen LogP contribution is -2.17. The van der Waals surface area contributed by atoms with E-state index in [1.54, 1.807) is 0 Å². The molecule has 2 aromatic heterocycles. The van der Waals surface area contributed by atoms with Gasteiger partial charge in [-0.25, -0.2) is 15.0 Å². The number of nitrogens with zero attached hydrogens (tertiary/aromatic N) is 4. The summed E-state index contributed by atoms with van der Waals surface area (Å²) >= 11 is 0. The van der Waals surface area contributed by atoms with Crippen LogP contribution in [0.15, 0.2) is 194 Å². The molecule has 4 nitrogen and oxygen atoms in total. The fraction of sp³-hybridized carbons (Fsp3) is 0.0536. The molecule has 0 amide bonds. The van der Waals surface area contributed by atoms with Crippen LogP contribution in [0, 0.1) is 0 Å². The Morgan fingerprint density at radius 1 is 0.367 bits per heavy atom. The van der Waals surface area contributed by atoms with Gasteiger partial charge in [-0.05, 0) is 79.2 Å². The third kappa shape index (κ3) is 5.14.